The maximum atomic E-state index is 12.1. The van der Waals surface area contributed by atoms with E-state index in [1.54, 1.807) is 0 Å². The molecule has 5 nitrogen and oxygen atoms in total. The number of rotatable bonds is 5. The van der Waals surface area contributed by atoms with Gasteiger partial charge in [0, 0.05) is 30.5 Å². The lowest BCUT2D eigenvalue weighted by atomic mass is 10.0. The average Bonchev–Trinajstić information content (AvgIpc) is 2.49. The molecule has 1 heterocycles. The Bertz CT molecular complexity index is 474. The lowest BCUT2D eigenvalue weighted by Crippen LogP contribution is -2.39. The molecule has 2 rings (SSSR count). The zero-order valence-corrected chi connectivity index (χ0v) is 11.6. The van der Waals surface area contributed by atoms with Gasteiger partial charge in [-0.3, -0.25) is 4.79 Å². The highest BCUT2D eigenvalue weighted by atomic mass is 16.2. The summed E-state index contributed by atoms with van der Waals surface area (Å²) in [4.78, 5) is 16.8. The second kappa shape index (κ2) is 7.56. The molecule has 0 bridgehead atoms. The third-order valence-corrected chi connectivity index (χ3v) is 3.73. The SMILES string of the molecule is [N-]=[N+]=NC1CCN(C(=O)CCCc2ccccc2)CC1. The fourth-order valence-electron chi connectivity index (χ4n) is 2.55. The van der Waals surface area contributed by atoms with E-state index in [1.807, 2.05) is 23.1 Å². The summed E-state index contributed by atoms with van der Waals surface area (Å²) in [5, 5.41) is 3.72. The van der Waals surface area contributed by atoms with Crippen LogP contribution < -0.4 is 0 Å². The molecular formula is C15H20N4O. The standard InChI is InChI=1S/C15H20N4O/c16-18-17-14-9-11-19(12-10-14)15(20)8-4-7-13-5-2-1-3-6-13/h1-3,5-6,14H,4,7-12H2. The van der Waals surface area contributed by atoms with Gasteiger partial charge in [0.1, 0.15) is 0 Å². The van der Waals surface area contributed by atoms with Crippen molar-refractivity contribution in [3.05, 3.63) is 46.3 Å². The third-order valence-electron chi connectivity index (χ3n) is 3.73. The largest absolute Gasteiger partial charge is 0.343 e. The van der Waals surface area contributed by atoms with Gasteiger partial charge in [-0.2, -0.15) is 0 Å². The Kier molecular flexibility index (Phi) is 5.44. The summed E-state index contributed by atoms with van der Waals surface area (Å²) in [6.07, 6.45) is 4.00. The zero-order valence-electron chi connectivity index (χ0n) is 11.6. The molecule has 0 aromatic heterocycles. The fourth-order valence-corrected chi connectivity index (χ4v) is 2.55. The Hall–Kier alpha value is -2.00. The van der Waals surface area contributed by atoms with Crippen LogP contribution in [0, 0.1) is 0 Å². The first-order valence-electron chi connectivity index (χ1n) is 7.15. The molecule has 0 aliphatic carbocycles. The Labute approximate surface area is 119 Å². The van der Waals surface area contributed by atoms with Gasteiger partial charge >= 0.3 is 0 Å². The predicted molar refractivity (Wildman–Crippen MR) is 78.1 cm³/mol. The summed E-state index contributed by atoms with van der Waals surface area (Å²) >= 11 is 0. The number of amides is 1. The molecule has 0 atom stereocenters. The monoisotopic (exact) mass is 272 g/mol. The van der Waals surface area contributed by atoms with Crippen molar-refractivity contribution >= 4 is 5.91 Å². The molecule has 0 N–H and O–H groups in total. The Morgan fingerprint density at radius 1 is 1.30 bits per heavy atom. The second-order valence-electron chi connectivity index (χ2n) is 5.16. The molecule has 0 spiro atoms. The third kappa shape index (κ3) is 4.28. The normalized spacial score (nSPS) is 15.7. The van der Waals surface area contributed by atoms with E-state index in [2.05, 4.69) is 22.2 Å². The second-order valence-corrected chi connectivity index (χ2v) is 5.16. The van der Waals surface area contributed by atoms with Crippen LogP contribution in [-0.4, -0.2) is 29.9 Å². The van der Waals surface area contributed by atoms with Crippen LogP contribution in [0.3, 0.4) is 0 Å². The molecule has 1 aromatic rings. The number of hydrogen-bond acceptors (Lipinski definition) is 2. The van der Waals surface area contributed by atoms with Crippen LogP contribution in [0.15, 0.2) is 35.4 Å². The van der Waals surface area contributed by atoms with Crippen molar-refractivity contribution < 1.29 is 4.79 Å². The number of carbonyl (C=O) groups excluding carboxylic acids is 1. The van der Waals surface area contributed by atoms with Crippen molar-refractivity contribution in [2.45, 2.75) is 38.1 Å². The van der Waals surface area contributed by atoms with Crippen LogP contribution in [-0.2, 0) is 11.2 Å². The highest BCUT2D eigenvalue weighted by Crippen LogP contribution is 2.15. The lowest BCUT2D eigenvalue weighted by Gasteiger charge is -2.30. The molecule has 1 aliphatic heterocycles. The van der Waals surface area contributed by atoms with Crippen molar-refractivity contribution in [3.63, 3.8) is 0 Å². The van der Waals surface area contributed by atoms with Crippen LogP contribution in [0.4, 0.5) is 0 Å². The first-order valence-corrected chi connectivity index (χ1v) is 7.15. The van der Waals surface area contributed by atoms with Crippen molar-refractivity contribution in [2.75, 3.05) is 13.1 Å². The molecule has 106 valence electrons. The quantitative estimate of drug-likeness (QED) is 0.460. The van der Waals surface area contributed by atoms with Gasteiger partial charge < -0.3 is 4.90 Å². The van der Waals surface area contributed by atoms with E-state index in [0.717, 1.165) is 25.7 Å². The van der Waals surface area contributed by atoms with Gasteiger partial charge in [0.05, 0.1) is 0 Å². The summed E-state index contributed by atoms with van der Waals surface area (Å²) in [6, 6.07) is 10.3. The van der Waals surface area contributed by atoms with Gasteiger partial charge in [0.25, 0.3) is 0 Å². The van der Waals surface area contributed by atoms with E-state index in [-0.39, 0.29) is 11.9 Å². The predicted octanol–water partition coefficient (Wildman–Crippen LogP) is 3.31. The molecule has 0 saturated carbocycles. The molecule has 1 amide bonds. The number of carbonyl (C=O) groups is 1. The lowest BCUT2D eigenvalue weighted by molar-refractivity contribution is -0.132. The molecule has 1 saturated heterocycles. The summed E-state index contributed by atoms with van der Waals surface area (Å²) in [5.41, 5.74) is 9.68. The summed E-state index contributed by atoms with van der Waals surface area (Å²) < 4.78 is 0. The van der Waals surface area contributed by atoms with Crippen LogP contribution in [0.25, 0.3) is 10.4 Å². The van der Waals surface area contributed by atoms with E-state index in [9.17, 15) is 4.79 Å². The Balaban J connectivity index is 1.69. The van der Waals surface area contributed by atoms with Crippen molar-refractivity contribution in [1.29, 1.82) is 0 Å². The molecular weight excluding hydrogens is 252 g/mol. The smallest absolute Gasteiger partial charge is 0.222 e. The van der Waals surface area contributed by atoms with Crippen LogP contribution in [0.2, 0.25) is 0 Å². The van der Waals surface area contributed by atoms with Crippen molar-refractivity contribution in [3.8, 4) is 0 Å². The first kappa shape index (κ1) is 14.4. The van der Waals surface area contributed by atoms with E-state index >= 15 is 0 Å². The molecule has 1 aromatic carbocycles. The van der Waals surface area contributed by atoms with Gasteiger partial charge in [0.15, 0.2) is 0 Å². The Morgan fingerprint density at radius 3 is 2.65 bits per heavy atom. The summed E-state index contributed by atoms with van der Waals surface area (Å²) in [7, 11) is 0. The van der Waals surface area contributed by atoms with Gasteiger partial charge in [-0.1, -0.05) is 35.4 Å². The van der Waals surface area contributed by atoms with Crippen LogP contribution in [0.1, 0.15) is 31.2 Å². The van der Waals surface area contributed by atoms with Crippen LogP contribution in [0.5, 0.6) is 0 Å². The highest BCUT2D eigenvalue weighted by molar-refractivity contribution is 5.76. The summed E-state index contributed by atoms with van der Waals surface area (Å²) in [6.45, 7) is 1.43. The minimum Gasteiger partial charge on any atom is -0.343 e. The molecule has 0 radical (unpaired) electrons. The number of piperidine rings is 1. The fraction of sp³-hybridized carbons (Fsp3) is 0.533. The topological polar surface area (TPSA) is 69.1 Å². The van der Waals surface area contributed by atoms with E-state index in [4.69, 9.17) is 5.53 Å². The summed E-state index contributed by atoms with van der Waals surface area (Å²) in [5.74, 6) is 0.223. The molecule has 20 heavy (non-hydrogen) atoms. The number of aryl methyl sites for hydroxylation is 1. The number of azide groups is 1. The van der Waals surface area contributed by atoms with Gasteiger partial charge in [-0.05, 0) is 36.8 Å². The van der Waals surface area contributed by atoms with E-state index in [0.29, 0.717) is 19.5 Å². The van der Waals surface area contributed by atoms with Crippen molar-refractivity contribution in [2.24, 2.45) is 5.11 Å². The minimum atomic E-state index is 0.0633. The molecule has 1 fully saturated rings. The zero-order chi connectivity index (χ0) is 14.2. The number of benzene rings is 1. The number of hydrogen-bond donors (Lipinski definition) is 0. The van der Waals surface area contributed by atoms with Gasteiger partial charge in [-0.15, -0.1) is 0 Å². The molecule has 5 heteroatoms. The van der Waals surface area contributed by atoms with E-state index < -0.39 is 0 Å². The minimum absolute atomic E-state index is 0.0633. The molecule has 0 unspecified atom stereocenters. The molecule has 1 aliphatic rings. The van der Waals surface area contributed by atoms with Gasteiger partial charge in [0.2, 0.25) is 5.91 Å². The first-order chi connectivity index (χ1) is 9.79. The van der Waals surface area contributed by atoms with Crippen molar-refractivity contribution in [1.82, 2.24) is 4.90 Å². The maximum Gasteiger partial charge on any atom is 0.222 e. The maximum absolute atomic E-state index is 12.1. The van der Waals surface area contributed by atoms with Gasteiger partial charge in [-0.25, -0.2) is 0 Å². The number of nitrogens with zero attached hydrogens (tertiary/aromatic N) is 4. The highest BCUT2D eigenvalue weighted by Gasteiger charge is 2.21. The number of likely N-dealkylation sites (tertiary alicyclic amines) is 1. The Morgan fingerprint density at radius 2 is 2.00 bits per heavy atom. The van der Waals surface area contributed by atoms with Crippen LogP contribution >= 0.6 is 0 Å². The van der Waals surface area contributed by atoms with E-state index in [1.165, 1.54) is 5.56 Å². The average molecular weight is 272 g/mol.